The van der Waals surface area contributed by atoms with Crippen molar-refractivity contribution in [2.24, 2.45) is 0 Å². The molecular weight excluding hydrogens is 148 g/mol. The molecule has 3 nitrogen and oxygen atoms in total. The quantitative estimate of drug-likeness (QED) is 0.467. The topological polar surface area (TPSA) is 41.1 Å². The summed E-state index contributed by atoms with van der Waals surface area (Å²) in [4.78, 5) is 12.1. The summed E-state index contributed by atoms with van der Waals surface area (Å²) in [6.45, 7) is 0.742. The Kier molecular flexibility index (Phi) is 1.18. The smallest absolute Gasteiger partial charge is 0.160 e. The zero-order valence-electron chi connectivity index (χ0n) is 5.44. The zero-order valence-corrected chi connectivity index (χ0v) is 6.25. The fourth-order valence-corrected chi connectivity index (χ4v) is 1.80. The zero-order chi connectivity index (χ0) is 7.19. The molecule has 1 atom stereocenters. The standard InChI is InChI=1S/C6H8N2OS/c9-5-1-4(10)2-6(5)3-7-8-6/h7-8H,1-3H2. The lowest BCUT2D eigenvalue weighted by atomic mass is 9.94. The predicted molar refractivity (Wildman–Crippen MR) is 40.7 cm³/mol. The number of thiocarbonyl (C=S) groups is 1. The highest BCUT2D eigenvalue weighted by Crippen LogP contribution is 2.26. The number of rotatable bonds is 0. The molecule has 0 aromatic carbocycles. The van der Waals surface area contributed by atoms with Crippen LogP contribution in [-0.2, 0) is 4.79 Å². The highest BCUT2D eigenvalue weighted by molar-refractivity contribution is 7.80. The maximum atomic E-state index is 11.2. The van der Waals surface area contributed by atoms with Crippen LogP contribution >= 0.6 is 12.2 Å². The highest BCUT2D eigenvalue weighted by atomic mass is 32.1. The number of carbonyl (C=O) groups excluding carboxylic acids is 1. The van der Waals surface area contributed by atoms with Gasteiger partial charge in [0, 0.05) is 24.3 Å². The second kappa shape index (κ2) is 1.84. The van der Waals surface area contributed by atoms with Crippen LogP contribution in [0.2, 0.25) is 0 Å². The van der Waals surface area contributed by atoms with Crippen molar-refractivity contribution in [2.75, 3.05) is 6.54 Å². The van der Waals surface area contributed by atoms with E-state index in [2.05, 4.69) is 10.9 Å². The van der Waals surface area contributed by atoms with E-state index < -0.39 is 0 Å². The molecule has 10 heavy (non-hydrogen) atoms. The molecule has 0 aromatic rings. The molecule has 2 fully saturated rings. The van der Waals surface area contributed by atoms with Gasteiger partial charge in [-0.15, -0.1) is 0 Å². The van der Waals surface area contributed by atoms with Gasteiger partial charge < -0.3 is 0 Å². The lowest BCUT2D eigenvalue weighted by molar-refractivity contribution is -0.126. The molecule has 2 rings (SSSR count). The number of hydrogen-bond acceptors (Lipinski definition) is 4. The second-order valence-electron chi connectivity index (χ2n) is 2.88. The third kappa shape index (κ3) is 0.666. The summed E-state index contributed by atoms with van der Waals surface area (Å²) in [5, 5.41) is 0. The third-order valence-corrected chi connectivity index (χ3v) is 2.40. The van der Waals surface area contributed by atoms with Gasteiger partial charge in [0.05, 0.1) is 0 Å². The number of nitrogens with one attached hydrogen (secondary N) is 2. The molecule has 2 N–H and O–H groups in total. The van der Waals surface area contributed by atoms with Gasteiger partial charge in [0.15, 0.2) is 5.78 Å². The van der Waals surface area contributed by atoms with Crippen molar-refractivity contribution in [3.63, 3.8) is 0 Å². The fourth-order valence-electron chi connectivity index (χ4n) is 1.42. The van der Waals surface area contributed by atoms with E-state index in [0.717, 1.165) is 17.8 Å². The Bertz CT molecular complexity index is 210. The van der Waals surface area contributed by atoms with Crippen molar-refractivity contribution in [3.8, 4) is 0 Å². The summed E-state index contributed by atoms with van der Waals surface area (Å²) < 4.78 is 0. The van der Waals surface area contributed by atoms with Crippen LogP contribution in [0.5, 0.6) is 0 Å². The van der Waals surface area contributed by atoms with Gasteiger partial charge in [-0.2, -0.15) is 0 Å². The SMILES string of the molecule is O=C1CC(=S)CC12CNN2. The van der Waals surface area contributed by atoms with Gasteiger partial charge in [0.2, 0.25) is 0 Å². The fraction of sp³-hybridized carbons (Fsp3) is 0.667. The second-order valence-corrected chi connectivity index (χ2v) is 3.45. The molecule has 0 amide bonds. The van der Waals surface area contributed by atoms with Crippen LogP contribution < -0.4 is 10.9 Å². The number of hydrogen-bond donors (Lipinski definition) is 2. The van der Waals surface area contributed by atoms with Gasteiger partial charge in [-0.25, -0.2) is 5.43 Å². The first-order chi connectivity index (χ1) is 4.73. The van der Waals surface area contributed by atoms with Gasteiger partial charge in [-0.05, 0) is 0 Å². The van der Waals surface area contributed by atoms with Gasteiger partial charge in [-0.3, -0.25) is 10.2 Å². The van der Waals surface area contributed by atoms with E-state index in [-0.39, 0.29) is 11.3 Å². The Morgan fingerprint density at radius 1 is 1.60 bits per heavy atom. The molecule has 1 heterocycles. The Morgan fingerprint density at radius 2 is 2.30 bits per heavy atom. The van der Waals surface area contributed by atoms with E-state index >= 15 is 0 Å². The van der Waals surface area contributed by atoms with E-state index in [9.17, 15) is 4.79 Å². The minimum Gasteiger partial charge on any atom is -0.297 e. The maximum absolute atomic E-state index is 11.2. The van der Waals surface area contributed by atoms with Crippen molar-refractivity contribution >= 4 is 22.9 Å². The van der Waals surface area contributed by atoms with E-state index in [1.54, 1.807) is 0 Å². The van der Waals surface area contributed by atoms with Crippen LogP contribution in [0.3, 0.4) is 0 Å². The van der Waals surface area contributed by atoms with Crippen molar-refractivity contribution < 1.29 is 4.79 Å². The Morgan fingerprint density at radius 3 is 2.50 bits per heavy atom. The molecule has 54 valence electrons. The summed E-state index contributed by atoms with van der Waals surface area (Å²) >= 11 is 4.96. The average molecular weight is 156 g/mol. The number of ketones is 1. The molecule has 1 unspecified atom stereocenters. The first-order valence-corrected chi connectivity index (χ1v) is 3.69. The van der Waals surface area contributed by atoms with Crippen LogP contribution in [0, 0.1) is 0 Å². The molecule has 2 aliphatic rings. The molecular formula is C6H8N2OS. The van der Waals surface area contributed by atoms with Crippen molar-refractivity contribution in [1.82, 2.24) is 10.9 Å². The number of Topliss-reactive ketones (excluding diaryl/α,β-unsaturated/α-hetero) is 1. The molecule has 1 aliphatic carbocycles. The molecule has 1 spiro atoms. The van der Waals surface area contributed by atoms with E-state index in [1.807, 2.05) is 0 Å². The minimum absolute atomic E-state index is 0.247. The highest BCUT2D eigenvalue weighted by Gasteiger charge is 2.48. The summed E-state index contributed by atoms with van der Waals surface area (Å²) in [5.41, 5.74) is 5.48. The monoisotopic (exact) mass is 156 g/mol. The normalized spacial score (nSPS) is 38.8. The van der Waals surface area contributed by atoms with Gasteiger partial charge in [0.1, 0.15) is 5.54 Å². The molecule has 0 aromatic heterocycles. The summed E-state index contributed by atoms with van der Waals surface area (Å²) in [6, 6.07) is 0. The maximum Gasteiger partial charge on any atom is 0.160 e. The molecule has 0 radical (unpaired) electrons. The molecule has 1 saturated carbocycles. The van der Waals surface area contributed by atoms with Crippen molar-refractivity contribution in [2.45, 2.75) is 18.4 Å². The lowest BCUT2D eigenvalue weighted by Gasteiger charge is -2.38. The van der Waals surface area contributed by atoms with E-state index in [1.165, 1.54) is 0 Å². The Labute approximate surface area is 64.1 Å². The van der Waals surface area contributed by atoms with Crippen LogP contribution in [-0.4, -0.2) is 22.7 Å². The summed E-state index contributed by atoms with van der Waals surface area (Å²) in [6.07, 6.45) is 1.23. The first kappa shape index (κ1) is 6.39. The summed E-state index contributed by atoms with van der Waals surface area (Å²) in [7, 11) is 0. The lowest BCUT2D eigenvalue weighted by Crippen LogP contribution is -2.72. The van der Waals surface area contributed by atoms with E-state index in [4.69, 9.17) is 12.2 Å². The van der Waals surface area contributed by atoms with E-state index in [0.29, 0.717) is 6.42 Å². The van der Waals surface area contributed by atoms with Crippen LogP contribution in [0.25, 0.3) is 0 Å². The third-order valence-electron chi connectivity index (χ3n) is 2.11. The van der Waals surface area contributed by atoms with Gasteiger partial charge in [-0.1, -0.05) is 12.2 Å². The van der Waals surface area contributed by atoms with Crippen LogP contribution in [0.4, 0.5) is 0 Å². The van der Waals surface area contributed by atoms with Crippen LogP contribution in [0.15, 0.2) is 0 Å². The number of carbonyl (C=O) groups is 1. The van der Waals surface area contributed by atoms with Crippen molar-refractivity contribution in [3.05, 3.63) is 0 Å². The predicted octanol–water partition coefficient (Wildman–Crippen LogP) is -0.434. The largest absolute Gasteiger partial charge is 0.297 e. The molecule has 1 aliphatic heterocycles. The summed E-state index contributed by atoms with van der Waals surface area (Å²) in [5.74, 6) is 0.247. The first-order valence-electron chi connectivity index (χ1n) is 3.28. The molecule has 1 saturated heterocycles. The number of hydrazine groups is 1. The molecule has 4 heteroatoms. The van der Waals surface area contributed by atoms with Gasteiger partial charge >= 0.3 is 0 Å². The van der Waals surface area contributed by atoms with Crippen molar-refractivity contribution in [1.29, 1.82) is 0 Å². The van der Waals surface area contributed by atoms with Gasteiger partial charge in [0.25, 0.3) is 0 Å². The molecule has 0 bridgehead atoms. The Hall–Kier alpha value is -0.320. The van der Waals surface area contributed by atoms with Crippen LogP contribution in [0.1, 0.15) is 12.8 Å². The minimum atomic E-state index is -0.295. The average Bonchev–Trinajstić information content (AvgIpc) is 2.04. The Balaban J connectivity index is 2.23.